The molecule has 21 heavy (non-hydrogen) atoms. The molecule has 0 amide bonds. The highest BCUT2D eigenvalue weighted by Gasteiger charge is 2.23. The van der Waals surface area contributed by atoms with Crippen molar-refractivity contribution in [2.45, 2.75) is 58.6 Å². The zero-order chi connectivity index (χ0) is 15.0. The molecule has 1 heterocycles. The third kappa shape index (κ3) is 2.86. The second-order valence-electron chi connectivity index (χ2n) is 6.54. The van der Waals surface area contributed by atoms with E-state index in [0.717, 1.165) is 22.0 Å². The molecule has 0 aliphatic heterocycles. The topological polar surface area (TPSA) is 29.9 Å². The van der Waals surface area contributed by atoms with Crippen molar-refractivity contribution in [1.82, 2.24) is 9.55 Å². The van der Waals surface area contributed by atoms with Crippen LogP contribution in [0.25, 0.3) is 11.0 Å². The molecule has 2 aromatic rings. The molecule has 0 spiro atoms. The number of hydrogen-bond acceptors (Lipinski definition) is 2. The summed E-state index contributed by atoms with van der Waals surface area (Å²) in [5.41, 5.74) is 2.21. The molecule has 1 fully saturated rings. The Balaban J connectivity index is 2.07. The monoisotopic (exact) mass is 304 g/mol. The summed E-state index contributed by atoms with van der Waals surface area (Å²) in [5.74, 6) is 1.68. The van der Waals surface area contributed by atoms with Crippen LogP contribution < -0.4 is 4.74 Å². The van der Waals surface area contributed by atoms with Crippen LogP contribution in [0.2, 0.25) is 0 Å². The zero-order valence-corrected chi connectivity index (χ0v) is 13.9. The molecule has 1 aromatic heterocycles. The van der Waals surface area contributed by atoms with Gasteiger partial charge in [-0.1, -0.05) is 25.8 Å². The van der Waals surface area contributed by atoms with Crippen molar-refractivity contribution >= 4 is 23.3 Å². The molecule has 3 nitrogen and oxygen atoms in total. The van der Waals surface area contributed by atoms with Gasteiger partial charge in [-0.3, -0.25) is 0 Å². The summed E-state index contributed by atoms with van der Waals surface area (Å²) in [6, 6.07) is 6.74. The molecule has 0 bridgehead atoms. The molecule has 0 saturated heterocycles. The summed E-state index contributed by atoms with van der Waals surface area (Å²) in [6.07, 6.45) is 5.24. The lowest BCUT2D eigenvalue weighted by molar-refractivity contribution is 0.245. The SMILES string of the molecule is CC1CCCC(n2c(=S)[nH]c3c(OC(C)C)cccc32)C1. The smallest absolute Gasteiger partial charge is 0.178 e. The lowest BCUT2D eigenvalue weighted by Gasteiger charge is -2.28. The summed E-state index contributed by atoms with van der Waals surface area (Å²) in [6.45, 7) is 6.44. The molecule has 0 radical (unpaired) electrons. The van der Waals surface area contributed by atoms with Gasteiger partial charge >= 0.3 is 0 Å². The summed E-state index contributed by atoms with van der Waals surface area (Å²) in [5, 5.41) is 0. The quantitative estimate of drug-likeness (QED) is 0.786. The van der Waals surface area contributed by atoms with E-state index in [1.165, 1.54) is 31.2 Å². The molecule has 1 aliphatic rings. The first-order valence-corrected chi connectivity index (χ1v) is 8.37. The lowest BCUT2D eigenvalue weighted by Crippen LogP contribution is -2.17. The van der Waals surface area contributed by atoms with Crippen molar-refractivity contribution in [2.24, 2.45) is 5.92 Å². The number of aromatic amines is 1. The van der Waals surface area contributed by atoms with Crippen molar-refractivity contribution in [2.75, 3.05) is 0 Å². The van der Waals surface area contributed by atoms with Crippen LogP contribution in [0.5, 0.6) is 5.75 Å². The minimum absolute atomic E-state index is 0.163. The Morgan fingerprint density at radius 3 is 2.86 bits per heavy atom. The van der Waals surface area contributed by atoms with Gasteiger partial charge in [-0.15, -0.1) is 0 Å². The number of H-pyrrole nitrogens is 1. The minimum atomic E-state index is 0.163. The minimum Gasteiger partial charge on any atom is -0.489 e. The van der Waals surface area contributed by atoms with Crippen molar-refractivity contribution in [3.63, 3.8) is 0 Å². The van der Waals surface area contributed by atoms with Gasteiger partial charge < -0.3 is 14.3 Å². The number of nitrogens with one attached hydrogen (secondary N) is 1. The Hall–Kier alpha value is -1.29. The van der Waals surface area contributed by atoms with E-state index in [-0.39, 0.29) is 6.10 Å². The van der Waals surface area contributed by atoms with Crippen LogP contribution in [-0.4, -0.2) is 15.7 Å². The molecule has 3 rings (SSSR count). The first-order chi connectivity index (χ1) is 10.1. The molecule has 1 aromatic carbocycles. The number of nitrogens with zero attached hydrogens (tertiary/aromatic N) is 1. The van der Waals surface area contributed by atoms with Crippen molar-refractivity contribution in [3.05, 3.63) is 23.0 Å². The maximum absolute atomic E-state index is 5.91. The van der Waals surface area contributed by atoms with Crippen LogP contribution in [0, 0.1) is 10.7 Å². The number of para-hydroxylation sites is 1. The number of ether oxygens (including phenoxy) is 1. The van der Waals surface area contributed by atoms with Crippen molar-refractivity contribution in [3.8, 4) is 5.75 Å². The Morgan fingerprint density at radius 1 is 1.33 bits per heavy atom. The fourth-order valence-electron chi connectivity index (χ4n) is 3.47. The molecule has 2 atom stereocenters. The van der Waals surface area contributed by atoms with E-state index >= 15 is 0 Å². The Kier molecular flexibility index (Phi) is 4.07. The van der Waals surface area contributed by atoms with Gasteiger partial charge in [-0.2, -0.15) is 0 Å². The van der Waals surface area contributed by atoms with E-state index in [1.807, 2.05) is 19.9 Å². The summed E-state index contributed by atoms with van der Waals surface area (Å²) in [4.78, 5) is 3.37. The van der Waals surface area contributed by atoms with E-state index in [0.29, 0.717) is 6.04 Å². The highest BCUT2D eigenvalue weighted by molar-refractivity contribution is 7.71. The van der Waals surface area contributed by atoms with Gasteiger partial charge in [-0.25, -0.2) is 0 Å². The van der Waals surface area contributed by atoms with Gasteiger partial charge in [0, 0.05) is 6.04 Å². The van der Waals surface area contributed by atoms with Gasteiger partial charge in [-0.05, 0) is 57.0 Å². The average Bonchev–Trinajstić information content (AvgIpc) is 2.75. The molecule has 1 saturated carbocycles. The van der Waals surface area contributed by atoms with Gasteiger partial charge in [0.2, 0.25) is 0 Å². The van der Waals surface area contributed by atoms with Crippen LogP contribution in [-0.2, 0) is 0 Å². The fraction of sp³-hybridized carbons (Fsp3) is 0.588. The van der Waals surface area contributed by atoms with Crippen LogP contribution in [0.4, 0.5) is 0 Å². The fourth-order valence-corrected chi connectivity index (χ4v) is 3.82. The lowest BCUT2D eigenvalue weighted by atomic mass is 9.87. The maximum atomic E-state index is 5.91. The highest BCUT2D eigenvalue weighted by Crippen LogP contribution is 2.36. The molecule has 4 heteroatoms. The second kappa shape index (κ2) is 5.84. The number of hydrogen-bond donors (Lipinski definition) is 1. The number of fused-ring (bicyclic) bond motifs is 1. The average molecular weight is 304 g/mol. The molecule has 1 N–H and O–H groups in total. The first kappa shape index (κ1) is 14.6. The summed E-state index contributed by atoms with van der Waals surface area (Å²) in [7, 11) is 0. The second-order valence-corrected chi connectivity index (χ2v) is 6.93. The number of benzene rings is 1. The summed E-state index contributed by atoms with van der Waals surface area (Å²) >= 11 is 5.60. The van der Waals surface area contributed by atoms with E-state index in [1.54, 1.807) is 0 Å². The number of aromatic nitrogens is 2. The Labute approximate surface area is 131 Å². The molecule has 1 aliphatic carbocycles. The first-order valence-electron chi connectivity index (χ1n) is 7.96. The largest absolute Gasteiger partial charge is 0.489 e. The van der Waals surface area contributed by atoms with Crippen LogP contribution in [0.1, 0.15) is 52.5 Å². The predicted octanol–water partition coefficient (Wildman–Crippen LogP) is 5.24. The number of imidazole rings is 1. The Bertz CT molecular complexity index is 686. The van der Waals surface area contributed by atoms with Crippen LogP contribution in [0.3, 0.4) is 0 Å². The van der Waals surface area contributed by atoms with Crippen molar-refractivity contribution in [1.29, 1.82) is 0 Å². The van der Waals surface area contributed by atoms with Crippen LogP contribution >= 0.6 is 12.2 Å². The van der Waals surface area contributed by atoms with Crippen LogP contribution in [0.15, 0.2) is 18.2 Å². The summed E-state index contributed by atoms with van der Waals surface area (Å²) < 4.78 is 9.05. The third-order valence-electron chi connectivity index (χ3n) is 4.35. The third-order valence-corrected chi connectivity index (χ3v) is 4.65. The molecule has 114 valence electrons. The Morgan fingerprint density at radius 2 is 2.14 bits per heavy atom. The van der Waals surface area contributed by atoms with Gasteiger partial charge in [0.15, 0.2) is 4.77 Å². The number of rotatable bonds is 3. The molecular weight excluding hydrogens is 280 g/mol. The standard InChI is InChI=1S/C17H24N2OS/c1-11(2)20-15-9-5-8-14-16(15)18-17(21)19(14)13-7-4-6-12(3)10-13/h5,8-9,11-13H,4,6-7,10H2,1-3H3,(H,18,21). The van der Waals surface area contributed by atoms with E-state index < -0.39 is 0 Å². The van der Waals surface area contributed by atoms with Gasteiger partial charge in [0.25, 0.3) is 0 Å². The van der Waals surface area contributed by atoms with E-state index in [4.69, 9.17) is 17.0 Å². The van der Waals surface area contributed by atoms with E-state index in [2.05, 4.69) is 28.6 Å². The predicted molar refractivity (Wildman–Crippen MR) is 89.6 cm³/mol. The van der Waals surface area contributed by atoms with Gasteiger partial charge in [0.05, 0.1) is 11.6 Å². The maximum Gasteiger partial charge on any atom is 0.178 e. The normalized spacial score (nSPS) is 22.9. The van der Waals surface area contributed by atoms with E-state index in [9.17, 15) is 0 Å². The van der Waals surface area contributed by atoms with Crippen molar-refractivity contribution < 1.29 is 4.74 Å². The molecule has 2 unspecified atom stereocenters. The molecular formula is C17H24N2OS. The van der Waals surface area contributed by atoms with Gasteiger partial charge in [0.1, 0.15) is 11.3 Å². The zero-order valence-electron chi connectivity index (χ0n) is 13.1. The highest BCUT2D eigenvalue weighted by atomic mass is 32.1.